The van der Waals surface area contributed by atoms with E-state index in [4.69, 9.17) is 18.4 Å². The van der Waals surface area contributed by atoms with Crippen LogP contribution in [0.5, 0.6) is 5.75 Å². The van der Waals surface area contributed by atoms with Crippen molar-refractivity contribution in [3.63, 3.8) is 0 Å². The summed E-state index contributed by atoms with van der Waals surface area (Å²) in [6, 6.07) is 33.5. The van der Waals surface area contributed by atoms with Gasteiger partial charge >= 0.3 is 28.3 Å². The monoisotopic (exact) mass is 845 g/mol. The SMILES string of the molecule is CCOC(=O)CC(c1ccc(C)c(CN2Cc3cc(CNC(=O)OCc4ccccc4)ccc3OS2(=O)=O)c1)c1ccc2c(nnn2CCC(=O)OCc2ccccc2)c1C. The largest absolute Gasteiger partial charge is 0.466 e. The molecule has 1 unspecified atom stereocenters. The third kappa shape index (κ3) is 10.6. The van der Waals surface area contributed by atoms with Gasteiger partial charge in [0.2, 0.25) is 0 Å². The van der Waals surface area contributed by atoms with Crippen LogP contribution in [0.25, 0.3) is 11.0 Å². The van der Waals surface area contributed by atoms with E-state index in [1.165, 1.54) is 4.31 Å². The van der Waals surface area contributed by atoms with E-state index in [0.29, 0.717) is 11.1 Å². The molecule has 7 rings (SSSR count). The predicted octanol–water partition coefficient (Wildman–Crippen LogP) is 7.33. The van der Waals surface area contributed by atoms with Crippen molar-refractivity contribution in [3.8, 4) is 5.75 Å². The summed E-state index contributed by atoms with van der Waals surface area (Å²) in [6.45, 7) is 6.60. The number of hydrogen-bond donors (Lipinski definition) is 1. The molecule has 14 nitrogen and oxygen atoms in total. The van der Waals surface area contributed by atoms with Crippen molar-refractivity contribution < 1.29 is 41.2 Å². The maximum atomic E-state index is 13.5. The Morgan fingerprint density at radius 1 is 0.820 bits per heavy atom. The van der Waals surface area contributed by atoms with Gasteiger partial charge in [-0.15, -0.1) is 5.10 Å². The highest BCUT2D eigenvalue weighted by molar-refractivity contribution is 7.84. The Bertz CT molecular complexity index is 2640. The van der Waals surface area contributed by atoms with Gasteiger partial charge in [-0.25, -0.2) is 9.48 Å². The van der Waals surface area contributed by atoms with E-state index in [0.717, 1.165) is 50.0 Å². The molecule has 2 heterocycles. The molecule has 0 radical (unpaired) electrons. The van der Waals surface area contributed by atoms with Crippen LogP contribution >= 0.6 is 0 Å². The van der Waals surface area contributed by atoms with Crippen LogP contribution in [0.1, 0.15) is 75.8 Å². The number of aromatic nitrogens is 3. The average Bonchev–Trinajstić information content (AvgIpc) is 3.68. The van der Waals surface area contributed by atoms with Crippen molar-refractivity contribution >= 4 is 39.4 Å². The number of benzene rings is 5. The number of carbonyl (C=O) groups excluding carboxylic acids is 3. The Morgan fingerprint density at radius 2 is 1.54 bits per heavy atom. The lowest BCUT2D eigenvalue weighted by atomic mass is 9.84. The van der Waals surface area contributed by atoms with Gasteiger partial charge in [-0.1, -0.05) is 96.2 Å². The first-order valence-electron chi connectivity index (χ1n) is 20.0. The van der Waals surface area contributed by atoms with Crippen molar-refractivity contribution in [2.75, 3.05) is 6.61 Å². The molecule has 15 heteroatoms. The molecule has 1 amide bonds. The molecule has 5 aromatic carbocycles. The minimum atomic E-state index is -4.17. The summed E-state index contributed by atoms with van der Waals surface area (Å²) in [5, 5.41) is 11.5. The highest BCUT2D eigenvalue weighted by atomic mass is 32.2. The number of hydrogen-bond acceptors (Lipinski definition) is 11. The van der Waals surface area contributed by atoms with Gasteiger partial charge < -0.3 is 23.7 Å². The normalized spacial score (nSPS) is 13.8. The van der Waals surface area contributed by atoms with Crippen LogP contribution in [0.2, 0.25) is 0 Å². The summed E-state index contributed by atoms with van der Waals surface area (Å²) < 4.78 is 51.6. The zero-order valence-electron chi connectivity index (χ0n) is 34.2. The molecule has 1 N–H and O–H groups in total. The van der Waals surface area contributed by atoms with Crippen LogP contribution in [0, 0.1) is 13.8 Å². The molecular weight excluding hydrogens is 799 g/mol. The van der Waals surface area contributed by atoms with Crippen LogP contribution in [0.3, 0.4) is 0 Å². The number of carbonyl (C=O) groups is 3. The smallest absolute Gasteiger partial charge is 0.407 e. The lowest BCUT2D eigenvalue weighted by molar-refractivity contribution is -0.145. The third-order valence-corrected chi connectivity index (χ3v) is 11.8. The molecule has 6 aromatic rings. The van der Waals surface area contributed by atoms with Crippen LogP contribution in [0.4, 0.5) is 4.79 Å². The fraction of sp³-hybridized carbons (Fsp3) is 0.283. The molecule has 0 aliphatic carbocycles. The number of fused-ring (bicyclic) bond motifs is 2. The number of esters is 2. The van der Waals surface area contributed by atoms with Crippen molar-refractivity contribution in [1.29, 1.82) is 0 Å². The second kappa shape index (κ2) is 19.2. The van der Waals surface area contributed by atoms with Crippen LogP contribution in [-0.2, 0) is 73.5 Å². The second-order valence-electron chi connectivity index (χ2n) is 14.8. The predicted molar refractivity (Wildman–Crippen MR) is 226 cm³/mol. The highest BCUT2D eigenvalue weighted by Gasteiger charge is 2.33. The second-order valence-corrected chi connectivity index (χ2v) is 16.3. The zero-order chi connectivity index (χ0) is 42.9. The average molecular weight is 846 g/mol. The van der Waals surface area contributed by atoms with Gasteiger partial charge in [-0.2, -0.15) is 12.7 Å². The number of ether oxygens (including phenoxy) is 3. The van der Waals surface area contributed by atoms with Crippen molar-refractivity contribution in [2.45, 2.75) is 78.9 Å². The molecule has 316 valence electrons. The third-order valence-electron chi connectivity index (χ3n) is 10.6. The molecule has 0 spiro atoms. The van der Waals surface area contributed by atoms with Gasteiger partial charge in [0.15, 0.2) is 0 Å². The Kier molecular flexibility index (Phi) is 13.4. The summed E-state index contributed by atoms with van der Waals surface area (Å²) in [5.41, 5.74) is 8.52. The van der Waals surface area contributed by atoms with E-state index >= 15 is 0 Å². The lowest BCUT2D eigenvalue weighted by Gasteiger charge is -2.29. The summed E-state index contributed by atoms with van der Waals surface area (Å²) in [5.74, 6) is -0.984. The van der Waals surface area contributed by atoms with E-state index in [-0.39, 0.29) is 76.5 Å². The van der Waals surface area contributed by atoms with E-state index in [1.54, 1.807) is 29.8 Å². The van der Waals surface area contributed by atoms with Crippen LogP contribution < -0.4 is 9.50 Å². The van der Waals surface area contributed by atoms with Crippen LogP contribution in [-0.4, -0.2) is 52.4 Å². The van der Waals surface area contributed by atoms with Crippen molar-refractivity contribution in [3.05, 3.63) is 159 Å². The quantitative estimate of drug-likeness (QED) is 0.0765. The maximum Gasteiger partial charge on any atom is 0.407 e. The molecule has 1 aliphatic rings. The van der Waals surface area contributed by atoms with Gasteiger partial charge in [0.25, 0.3) is 0 Å². The molecular formula is C46H47N5O9S. The van der Waals surface area contributed by atoms with Crippen molar-refractivity contribution in [1.82, 2.24) is 24.6 Å². The maximum absolute atomic E-state index is 13.5. The van der Waals surface area contributed by atoms with Gasteiger partial charge in [-0.3, -0.25) is 9.59 Å². The Morgan fingerprint density at radius 3 is 2.26 bits per heavy atom. The van der Waals surface area contributed by atoms with Gasteiger partial charge in [0.05, 0.1) is 31.5 Å². The fourth-order valence-corrected chi connectivity index (χ4v) is 8.35. The summed E-state index contributed by atoms with van der Waals surface area (Å²) in [7, 11) is -4.17. The van der Waals surface area contributed by atoms with E-state index in [2.05, 4.69) is 15.6 Å². The summed E-state index contributed by atoms with van der Waals surface area (Å²) in [4.78, 5) is 38.1. The zero-order valence-corrected chi connectivity index (χ0v) is 35.0. The number of nitrogens with one attached hydrogen (secondary N) is 1. The van der Waals surface area contributed by atoms with Gasteiger partial charge in [-0.05, 0) is 83.5 Å². The topological polar surface area (TPSA) is 168 Å². The fourth-order valence-electron chi connectivity index (χ4n) is 7.26. The van der Waals surface area contributed by atoms with Gasteiger partial charge in [0, 0.05) is 31.1 Å². The highest BCUT2D eigenvalue weighted by Crippen LogP contribution is 2.36. The molecule has 1 atom stereocenters. The minimum Gasteiger partial charge on any atom is -0.466 e. The van der Waals surface area contributed by atoms with Crippen LogP contribution in [0.15, 0.2) is 109 Å². The lowest BCUT2D eigenvalue weighted by Crippen LogP contribution is -2.37. The van der Waals surface area contributed by atoms with E-state index in [9.17, 15) is 22.8 Å². The summed E-state index contributed by atoms with van der Waals surface area (Å²) in [6.07, 6.45) is -0.439. The number of aryl methyl sites for hydroxylation is 3. The number of rotatable bonds is 16. The van der Waals surface area contributed by atoms with Crippen molar-refractivity contribution in [2.24, 2.45) is 0 Å². The Hall–Kier alpha value is -6.58. The number of alkyl carbamates (subject to hydrolysis) is 1. The van der Waals surface area contributed by atoms with E-state index in [1.807, 2.05) is 105 Å². The molecule has 0 bridgehead atoms. The van der Waals surface area contributed by atoms with E-state index < -0.39 is 22.3 Å². The first-order valence-corrected chi connectivity index (χ1v) is 21.4. The Balaban J connectivity index is 1.07. The van der Waals surface area contributed by atoms with Gasteiger partial charge in [0.1, 0.15) is 24.5 Å². The molecule has 61 heavy (non-hydrogen) atoms. The Labute approximate surface area is 354 Å². The molecule has 1 aromatic heterocycles. The molecule has 1 aliphatic heterocycles. The standard InChI is InChI=1S/C46H47N5O9S/c1-4-57-44(53)25-40(39-18-19-41-45(32(39)3)48-49-51(41)22-21-43(52)58-29-33-11-7-5-8-12-33)36-17-15-31(2)37(24-36)27-50-28-38-23-35(16-20-42(38)60-61(50,55)56)26-47-46(54)59-30-34-13-9-6-10-14-34/h5-20,23-24,40H,4,21-22,25-30H2,1-3H3,(H,47,54). The minimum absolute atomic E-state index is 0.00197. The molecule has 0 fully saturated rings. The number of amides is 1. The molecule has 0 saturated carbocycles. The first kappa shape index (κ1) is 42.5. The summed E-state index contributed by atoms with van der Waals surface area (Å²) >= 11 is 0. The molecule has 0 saturated heterocycles. The first-order chi connectivity index (χ1) is 29.5. The number of nitrogens with zero attached hydrogens (tertiary/aromatic N) is 4.